The molecule has 0 spiro atoms. The van der Waals surface area contributed by atoms with E-state index < -0.39 is 23.8 Å². The van der Waals surface area contributed by atoms with Gasteiger partial charge in [0.2, 0.25) is 12.0 Å². The van der Waals surface area contributed by atoms with Gasteiger partial charge in [0, 0.05) is 16.7 Å². The number of nitrogens with zero attached hydrogens (tertiary/aromatic N) is 2. The van der Waals surface area contributed by atoms with E-state index in [-0.39, 0.29) is 0 Å². The Bertz CT molecular complexity index is 957. The molecule has 138 valence electrons. The molecule has 2 heterocycles. The molecule has 7 nitrogen and oxygen atoms in total. The van der Waals surface area contributed by atoms with Crippen molar-refractivity contribution in [1.29, 1.82) is 0 Å². The van der Waals surface area contributed by atoms with E-state index in [1.807, 2.05) is 0 Å². The number of benzene rings is 2. The van der Waals surface area contributed by atoms with Crippen LogP contribution in [0.4, 0.5) is 5.69 Å². The van der Waals surface area contributed by atoms with Crippen LogP contribution >= 0.6 is 11.6 Å². The van der Waals surface area contributed by atoms with Crippen molar-refractivity contribution in [3.8, 4) is 11.5 Å². The summed E-state index contributed by atoms with van der Waals surface area (Å²) in [5.41, 5.74) is 1.37. The van der Waals surface area contributed by atoms with Crippen LogP contribution in [0.1, 0.15) is 5.56 Å². The number of hydrogen-bond acceptors (Lipinski definition) is 6. The number of fused-ring (bicyclic) bond motifs is 1. The highest BCUT2D eigenvalue weighted by atomic mass is 35.5. The van der Waals surface area contributed by atoms with Crippen LogP contribution < -0.4 is 14.4 Å². The molecule has 2 amide bonds. The van der Waals surface area contributed by atoms with Crippen molar-refractivity contribution in [1.82, 2.24) is 0 Å². The van der Waals surface area contributed by atoms with E-state index in [0.29, 0.717) is 33.5 Å². The second-order valence-corrected chi connectivity index (χ2v) is 6.47. The van der Waals surface area contributed by atoms with Crippen molar-refractivity contribution in [3.63, 3.8) is 0 Å². The minimum Gasteiger partial charge on any atom is -0.497 e. The normalized spacial score (nSPS) is 21.0. The van der Waals surface area contributed by atoms with Gasteiger partial charge in [-0.3, -0.25) is 9.59 Å². The lowest BCUT2D eigenvalue weighted by Crippen LogP contribution is -2.33. The van der Waals surface area contributed by atoms with Gasteiger partial charge in [-0.2, -0.15) is 0 Å². The predicted octanol–water partition coefficient (Wildman–Crippen LogP) is 2.65. The Balaban J connectivity index is 1.71. The summed E-state index contributed by atoms with van der Waals surface area (Å²) in [4.78, 5) is 32.2. The van der Waals surface area contributed by atoms with Crippen LogP contribution in [-0.4, -0.2) is 37.8 Å². The highest BCUT2D eigenvalue weighted by Gasteiger charge is 2.56. The fourth-order valence-electron chi connectivity index (χ4n) is 3.26. The number of hydrogen-bond donors (Lipinski definition) is 0. The zero-order valence-corrected chi connectivity index (χ0v) is 15.3. The number of ether oxygens (including phenoxy) is 2. The number of anilines is 1. The summed E-state index contributed by atoms with van der Waals surface area (Å²) in [6.45, 7) is 0. The van der Waals surface area contributed by atoms with Crippen LogP contribution in [0.25, 0.3) is 0 Å². The Morgan fingerprint density at radius 3 is 2.44 bits per heavy atom. The molecule has 0 aliphatic carbocycles. The molecule has 0 N–H and O–H groups in total. The number of amides is 2. The highest BCUT2D eigenvalue weighted by molar-refractivity contribution is 6.33. The molecule has 0 radical (unpaired) electrons. The largest absolute Gasteiger partial charge is 0.497 e. The molecule has 1 fully saturated rings. The number of carbonyl (C=O) groups excluding carboxylic acids is 2. The third-order valence-corrected chi connectivity index (χ3v) is 4.83. The standard InChI is InChI=1S/C19H15ClN2O5/c1-25-12-7-8-13(14(9-12)26-2)16-15-17(27-21-16)19(24)22(18(15)23)11-5-3-10(20)4-6-11/h3-9,15,17H,1-2H3/t15-,17-/m0/s1. The van der Waals surface area contributed by atoms with Gasteiger partial charge in [-0.1, -0.05) is 16.8 Å². The van der Waals surface area contributed by atoms with Gasteiger partial charge in [-0.05, 0) is 36.4 Å². The van der Waals surface area contributed by atoms with Gasteiger partial charge in [0.25, 0.3) is 5.91 Å². The van der Waals surface area contributed by atoms with Crippen molar-refractivity contribution in [2.24, 2.45) is 11.1 Å². The Kier molecular flexibility index (Phi) is 4.24. The van der Waals surface area contributed by atoms with Gasteiger partial charge in [-0.25, -0.2) is 4.90 Å². The third-order valence-electron chi connectivity index (χ3n) is 4.58. The number of imide groups is 1. The second-order valence-electron chi connectivity index (χ2n) is 6.03. The van der Waals surface area contributed by atoms with E-state index in [0.717, 1.165) is 4.90 Å². The molecule has 4 rings (SSSR count). The number of carbonyl (C=O) groups is 2. The molecule has 2 atom stereocenters. The zero-order chi connectivity index (χ0) is 19.1. The van der Waals surface area contributed by atoms with Crippen molar-refractivity contribution >= 4 is 34.8 Å². The quantitative estimate of drug-likeness (QED) is 0.755. The smallest absolute Gasteiger partial charge is 0.278 e. The molecular weight excluding hydrogens is 372 g/mol. The van der Waals surface area contributed by atoms with E-state index in [2.05, 4.69) is 5.16 Å². The highest BCUT2D eigenvalue weighted by Crippen LogP contribution is 2.38. The molecule has 2 aliphatic rings. The molecule has 0 aromatic heterocycles. The summed E-state index contributed by atoms with van der Waals surface area (Å²) in [6, 6.07) is 11.6. The summed E-state index contributed by atoms with van der Waals surface area (Å²) in [6.07, 6.45) is -0.991. The van der Waals surface area contributed by atoms with Gasteiger partial charge in [-0.15, -0.1) is 0 Å². The monoisotopic (exact) mass is 386 g/mol. The van der Waals surface area contributed by atoms with Gasteiger partial charge < -0.3 is 14.3 Å². The minimum atomic E-state index is -0.991. The van der Waals surface area contributed by atoms with Crippen LogP contribution in [0.5, 0.6) is 11.5 Å². The van der Waals surface area contributed by atoms with Gasteiger partial charge in [0.05, 0.1) is 19.9 Å². The van der Waals surface area contributed by atoms with Gasteiger partial charge in [0.1, 0.15) is 23.1 Å². The zero-order valence-electron chi connectivity index (χ0n) is 14.5. The first-order chi connectivity index (χ1) is 13.0. The summed E-state index contributed by atoms with van der Waals surface area (Å²) in [7, 11) is 3.05. The Labute approximate surface area is 160 Å². The fourth-order valence-corrected chi connectivity index (χ4v) is 3.38. The van der Waals surface area contributed by atoms with Crippen LogP contribution in [-0.2, 0) is 14.4 Å². The molecule has 0 unspecified atom stereocenters. The molecule has 1 saturated heterocycles. The number of halogens is 1. The first-order valence-electron chi connectivity index (χ1n) is 8.14. The molecule has 2 aromatic carbocycles. The molecule has 8 heteroatoms. The molecule has 0 bridgehead atoms. The van der Waals surface area contributed by atoms with Crippen molar-refractivity contribution in [3.05, 3.63) is 53.1 Å². The molecule has 2 aliphatic heterocycles. The van der Waals surface area contributed by atoms with Crippen molar-refractivity contribution in [2.75, 3.05) is 19.1 Å². The number of rotatable bonds is 4. The molecule has 0 saturated carbocycles. The van der Waals surface area contributed by atoms with Crippen LogP contribution in [0.3, 0.4) is 0 Å². The summed E-state index contributed by atoms with van der Waals surface area (Å²) in [5.74, 6) is -0.624. The SMILES string of the molecule is COc1ccc(C2=NO[C@@H]3C(=O)N(c4ccc(Cl)cc4)C(=O)[C@@H]23)c(OC)c1. The summed E-state index contributed by atoms with van der Waals surface area (Å²) < 4.78 is 10.6. The maximum atomic E-state index is 13.0. The minimum absolute atomic E-state index is 0.356. The average molecular weight is 387 g/mol. The lowest BCUT2D eigenvalue weighted by atomic mass is 9.93. The maximum Gasteiger partial charge on any atom is 0.278 e. The van der Waals surface area contributed by atoms with Crippen LogP contribution in [0.15, 0.2) is 47.6 Å². The first kappa shape index (κ1) is 17.4. The Morgan fingerprint density at radius 1 is 1.04 bits per heavy atom. The van der Waals surface area contributed by atoms with Crippen molar-refractivity contribution < 1.29 is 23.9 Å². The van der Waals surface area contributed by atoms with E-state index in [4.69, 9.17) is 25.9 Å². The van der Waals surface area contributed by atoms with Gasteiger partial charge >= 0.3 is 0 Å². The van der Waals surface area contributed by atoms with E-state index in [9.17, 15) is 9.59 Å². The Morgan fingerprint density at radius 2 is 1.78 bits per heavy atom. The number of oxime groups is 1. The first-order valence-corrected chi connectivity index (χ1v) is 8.52. The van der Waals surface area contributed by atoms with E-state index >= 15 is 0 Å². The third kappa shape index (κ3) is 2.71. The second kappa shape index (κ2) is 6.59. The number of methoxy groups -OCH3 is 2. The predicted molar refractivity (Wildman–Crippen MR) is 98.4 cm³/mol. The van der Waals surface area contributed by atoms with Crippen molar-refractivity contribution in [2.45, 2.75) is 6.10 Å². The maximum absolute atomic E-state index is 13.0. The topological polar surface area (TPSA) is 77.4 Å². The lowest BCUT2D eigenvalue weighted by Gasteiger charge is -2.16. The lowest BCUT2D eigenvalue weighted by molar-refractivity contribution is -0.126. The molecule has 27 heavy (non-hydrogen) atoms. The van der Waals surface area contributed by atoms with Gasteiger partial charge in [0.15, 0.2) is 0 Å². The van der Waals surface area contributed by atoms with E-state index in [1.165, 1.54) is 7.11 Å². The molecular formula is C19H15ClN2O5. The fraction of sp³-hybridized carbons (Fsp3) is 0.211. The van der Waals surface area contributed by atoms with Crippen LogP contribution in [0, 0.1) is 5.92 Å². The molecule has 2 aromatic rings. The average Bonchev–Trinajstić information content (AvgIpc) is 3.22. The Hall–Kier alpha value is -3.06. The summed E-state index contributed by atoms with van der Waals surface area (Å²) >= 11 is 5.89. The van der Waals surface area contributed by atoms with Crippen LogP contribution in [0.2, 0.25) is 5.02 Å². The van der Waals surface area contributed by atoms with E-state index in [1.54, 1.807) is 49.6 Å². The summed E-state index contributed by atoms with van der Waals surface area (Å²) in [5, 5.41) is 4.52.